The van der Waals surface area contributed by atoms with E-state index in [-0.39, 0.29) is 17.8 Å². The number of carbonyl (C=O) groups excluding carboxylic acids is 1. The van der Waals surface area contributed by atoms with Crippen LogP contribution in [-0.2, 0) is 4.79 Å². The van der Waals surface area contributed by atoms with Gasteiger partial charge in [0.15, 0.2) is 0 Å². The van der Waals surface area contributed by atoms with Crippen molar-refractivity contribution in [3.05, 3.63) is 0 Å². The molecule has 0 aromatic rings. The Labute approximate surface area is 124 Å². The fourth-order valence-electron chi connectivity index (χ4n) is 2.32. The van der Waals surface area contributed by atoms with E-state index < -0.39 is 0 Å². The lowest BCUT2D eigenvalue weighted by Crippen LogP contribution is -2.33. The van der Waals surface area contributed by atoms with Gasteiger partial charge in [0.1, 0.15) is 5.88 Å². The van der Waals surface area contributed by atoms with Crippen molar-refractivity contribution in [3.63, 3.8) is 0 Å². The van der Waals surface area contributed by atoms with Crippen molar-refractivity contribution in [1.29, 1.82) is 0 Å². The van der Waals surface area contributed by atoms with Gasteiger partial charge in [-0.2, -0.15) is 0 Å². The second kappa shape index (κ2) is 14.2. The van der Waals surface area contributed by atoms with Crippen LogP contribution in [0.5, 0.6) is 0 Å². The first kappa shape index (κ1) is 18.8. The molecule has 19 heavy (non-hydrogen) atoms. The predicted octanol–water partition coefficient (Wildman–Crippen LogP) is 5.04. The monoisotopic (exact) mass is 289 g/mol. The standard InChI is InChI=1S/C16H32ClNO/c1-3-4-5-6-7-8-9-10-11-12-13-15(2)18-16(19)14-17/h15H,3-14H2,1-2H3,(H,18,19). The Morgan fingerprint density at radius 2 is 1.42 bits per heavy atom. The normalized spacial score (nSPS) is 12.4. The lowest BCUT2D eigenvalue weighted by atomic mass is 10.0. The Morgan fingerprint density at radius 3 is 1.89 bits per heavy atom. The van der Waals surface area contributed by atoms with Gasteiger partial charge in [-0.1, -0.05) is 71.1 Å². The zero-order chi connectivity index (χ0) is 14.3. The zero-order valence-electron chi connectivity index (χ0n) is 12.8. The fraction of sp³-hybridized carbons (Fsp3) is 0.938. The molecule has 0 aromatic heterocycles. The molecule has 1 unspecified atom stereocenters. The first-order valence-corrected chi connectivity index (χ1v) is 8.59. The number of hydrogen-bond acceptors (Lipinski definition) is 1. The van der Waals surface area contributed by atoms with Gasteiger partial charge in [0, 0.05) is 6.04 Å². The zero-order valence-corrected chi connectivity index (χ0v) is 13.6. The molecule has 0 radical (unpaired) electrons. The van der Waals surface area contributed by atoms with Crippen molar-refractivity contribution in [1.82, 2.24) is 5.32 Å². The smallest absolute Gasteiger partial charge is 0.235 e. The highest BCUT2D eigenvalue weighted by atomic mass is 35.5. The van der Waals surface area contributed by atoms with Gasteiger partial charge in [0.2, 0.25) is 5.91 Å². The molecule has 0 heterocycles. The summed E-state index contributed by atoms with van der Waals surface area (Å²) in [4.78, 5) is 11.1. The van der Waals surface area contributed by atoms with Crippen LogP contribution in [0.2, 0.25) is 0 Å². The highest BCUT2D eigenvalue weighted by Crippen LogP contribution is 2.11. The summed E-state index contributed by atoms with van der Waals surface area (Å²) in [7, 11) is 0. The molecule has 2 nitrogen and oxygen atoms in total. The third-order valence-corrected chi connectivity index (χ3v) is 3.76. The molecule has 0 saturated heterocycles. The highest BCUT2D eigenvalue weighted by Gasteiger charge is 2.05. The molecule has 0 aliphatic heterocycles. The van der Waals surface area contributed by atoms with Crippen molar-refractivity contribution in [2.75, 3.05) is 5.88 Å². The second-order valence-corrected chi connectivity index (χ2v) is 5.84. The summed E-state index contributed by atoms with van der Waals surface area (Å²) in [6.45, 7) is 4.31. The molecule has 0 rings (SSSR count). The van der Waals surface area contributed by atoms with Crippen molar-refractivity contribution in [3.8, 4) is 0 Å². The number of hydrogen-bond donors (Lipinski definition) is 1. The van der Waals surface area contributed by atoms with E-state index in [2.05, 4.69) is 19.2 Å². The lowest BCUT2D eigenvalue weighted by Gasteiger charge is -2.12. The maximum absolute atomic E-state index is 11.1. The quantitative estimate of drug-likeness (QED) is 0.373. The van der Waals surface area contributed by atoms with Gasteiger partial charge in [-0.05, 0) is 13.3 Å². The number of amides is 1. The van der Waals surface area contributed by atoms with Gasteiger partial charge >= 0.3 is 0 Å². The molecule has 0 aliphatic rings. The molecule has 0 saturated carbocycles. The average Bonchev–Trinajstić information content (AvgIpc) is 2.40. The third kappa shape index (κ3) is 14.0. The Morgan fingerprint density at radius 1 is 0.947 bits per heavy atom. The van der Waals surface area contributed by atoms with E-state index in [4.69, 9.17) is 11.6 Å². The van der Waals surface area contributed by atoms with Crippen LogP contribution in [0.15, 0.2) is 0 Å². The molecular formula is C16H32ClNO. The van der Waals surface area contributed by atoms with Crippen LogP contribution in [0, 0.1) is 0 Å². The van der Waals surface area contributed by atoms with Crippen molar-refractivity contribution < 1.29 is 4.79 Å². The summed E-state index contributed by atoms with van der Waals surface area (Å²) < 4.78 is 0. The van der Waals surface area contributed by atoms with Gasteiger partial charge in [-0.3, -0.25) is 4.79 Å². The molecule has 0 spiro atoms. The largest absolute Gasteiger partial charge is 0.353 e. The Bertz CT molecular complexity index is 209. The van der Waals surface area contributed by atoms with Gasteiger partial charge < -0.3 is 5.32 Å². The molecule has 1 amide bonds. The molecular weight excluding hydrogens is 258 g/mol. The van der Waals surface area contributed by atoms with Crippen LogP contribution in [0.25, 0.3) is 0 Å². The summed E-state index contributed by atoms with van der Waals surface area (Å²) in [6.07, 6.45) is 14.6. The molecule has 0 aliphatic carbocycles. The van der Waals surface area contributed by atoms with Gasteiger partial charge in [0.05, 0.1) is 0 Å². The maximum atomic E-state index is 11.1. The predicted molar refractivity (Wildman–Crippen MR) is 84.8 cm³/mol. The van der Waals surface area contributed by atoms with Crippen molar-refractivity contribution >= 4 is 17.5 Å². The molecule has 0 fully saturated rings. The van der Waals surface area contributed by atoms with E-state index in [1.807, 2.05) is 0 Å². The van der Waals surface area contributed by atoms with Crippen LogP contribution >= 0.6 is 11.6 Å². The lowest BCUT2D eigenvalue weighted by molar-refractivity contribution is -0.119. The minimum absolute atomic E-state index is 0.0544. The number of rotatable bonds is 13. The van der Waals surface area contributed by atoms with Crippen LogP contribution in [0.4, 0.5) is 0 Å². The molecule has 0 bridgehead atoms. The molecule has 0 aromatic carbocycles. The van der Waals surface area contributed by atoms with Crippen LogP contribution in [0.1, 0.15) is 84.5 Å². The minimum atomic E-state index is -0.0544. The minimum Gasteiger partial charge on any atom is -0.353 e. The topological polar surface area (TPSA) is 29.1 Å². The highest BCUT2D eigenvalue weighted by molar-refractivity contribution is 6.27. The fourth-order valence-corrected chi connectivity index (χ4v) is 2.40. The summed E-state index contributed by atoms with van der Waals surface area (Å²) in [5.41, 5.74) is 0. The summed E-state index contributed by atoms with van der Waals surface area (Å²) in [6, 6.07) is 0.264. The Balaban J connectivity index is 3.16. The Kier molecular flexibility index (Phi) is 14.0. The van der Waals surface area contributed by atoms with Crippen LogP contribution < -0.4 is 5.32 Å². The van der Waals surface area contributed by atoms with Gasteiger partial charge in [0.25, 0.3) is 0 Å². The van der Waals surface area contributed by atoms with Crippen molar-refractivity contribution in [2.24, 2.45) is 0 Å². The molecule has 114 valence electrons. The van der Waals surface area contributed by atoms with E-state index in [1.54, 1.807) is 0 Å². The number of halogens is 1. The van der Waals surface area contributed by atoms with Gasteiger partial charge in [-0.15, -0.1) is 11.6 Å². The average molecular weight is 290 g/mol. The summed E-state index contributed by atoms with van der Waals surface area (Å²) in [5.74, 6) is 0.0174. The SMILES string of the molecule is CCCCCCCCCCCCC(C)NC(=O)CCl. The van der Waals surface area contributed by atoms with Gasteiger partial charge in [-0.25, -0.2) is 0 Å². The van der Waals surface area contributed by atoms with E-state index in [1.165, 1.54) is 64.2 Å². The molecule has 3 heteroatoms. The van der Waals surface area contributed by atoms with Crippen LogP contribution in [0.3, 0.4) is 0 Å². The Hall–Kier alpha value is -0.240. The maximum Gasteiger partial charge on any atom is 0.235 e. The number of alkyl halides is 1. The third-order valence-electron chi connectivity index (χ3n) is 3.52. The van der Waals surface area contributed by atoms with E-state index >= 15 is 0 Å². The van der Waals surface area contributed by atoms with E-state index in [0.717, 1.165) is 6.42 Å². The number of nitrogens with one attached hydrogen (secondary N) is 1. The molecule has 1 N–H and O–H groups in total. The number of unbranched alkanes of at least 4 members (excludes halogenated alkanes) is 9. The summed E-state index contributed by atoms with van der Waals surface area (Å²) >= 11 is 5.45. The van der Waals surface area contributed by atoms with Crippen molar-refractivity contribution in [2.45, 2.75) is 90.5 Å². The first-order chi connectivity index (χ1) is 9.20. The van der Waals surface area contributed by atoms with E-state index in [9.17, 15) is 4.79 Å². The molecule has 1 atom stereocenters. The van der Waals surface area contributed by atoms with E-state index in [0.29, 0.717) is 0 Å². The first-order valence-electron chi connectivity index (χ1n) is 8.06. The second-order valence-electron chi connectivity index (χ2n) is 5.57. The van der Waals surface area contributed by atoms with Crippen LogP contribution in [-0.4, -0.2) is 17.8 Å². The number of carbonyl (C=O) groups is 1. The summed E-state index contributed by atoms with van der Waals surface area (Å²) in [5, 5.41) is 2.89.